The fourth-order valence-electron chi connectivity index (χ4n) is 1.31. The van der Waals surface area contributed by atoms with Gasteiger partial charge in [-0.25, -0.2) is 0 Å². The minimum atomic E-state index is -1.24. The molecule has 1 aliphatic heterocycles. The third-order valence-electron chi connectivity index (χ3n) is 2.19. The Morgan fingerprint density at radius 1 is 1.29 bits per heavy atom. The van der Waals surface area contributed by atoms with Crippen LogP contribution in [0.15, 0.2) is 12.7 Å². The summed E-state index contributed by atoms with van der Waals surface area (Å²) in [5.74, 6) is 0. The molecule has 1 heterocycles. The molecule has 82 valence electrons. The van der Waals surface area contributed by atoms with E-state index < -0.39 is 30.7 Å². The molecule has 5 heteroatoms. The second-order valence-electron chi connectivity index (χ2n) is 3.30. The highest BCUT2D eigenvalue weighted by atomic mass is 16.7. The average Bonchev–Trinajstić information content (AvgIpc) is 2.18. The number of hydrogen-bond donors (Lipinski definition) is 3. The van der Waals surface area contributed by atoms with Crippen LogP contribution >= 0.6 is 0 Å². The van der Waals surface area contributed by atoms with Gasteiger partial charge in [-0.2, -0.15) is 0 Å². The highest BCUT2D eigenvalue weighted by Gasteiger charge is 2.42. The molecule has 5 atom stereocenters. The zero-order valence-corrected chi connectivity index (χ0v) is 8.04. The molecule has 14 heavy (non-hydrogen) atoms. The van der Waals surface area contributed by atoms with Crippen molar-refractivity contribution < 1.29 is 24.8 Å². The van der Waals surface area contributed by atoms with Crippen LogP contribution in [0.5, 0.6) is 0 Å². The van der Waals surface area contributed by atoms with E-state index in [2.05, 4.69) is 6.58 Å². The normalized spacial score (nSPS) is 43.6. The Hall–Kier alpha value is -0.460. The first-order valence-electron chi connectivity index (χ1n) is 4.50. The molecule has 0 unspecified atom stereocenters. The maximum absolute atomic E-state index is 9.46. The summed E-state index contributed by atoms with van der Waals surface area (Å²) in [6, 6.07) is 0. The van der Waals surface area contributed by atoms with Crippen LogP contribution < -0.4 is 0 Å². The molecule has 0 spiro atoms. The van der Waals surface area contributed by atoms with E-state index in [0.29, 0.717) is 0 Å². The Labute approximate surface area is 82.6 Å². The molecule has 0 saturated carbocycles. The van der Waals surface area contributed by atoms with Crippen LogP contribution in [-0.2, 0) is 9.47 Å². The van der Waals surface area contributed by atoms with Crippen molar-refractivity contribution in [3.8, 4) is 0 Å². The molecule has 0 aromatic heterocycles. The number of hydrogen-bond acceptors (Lipinski definition) is 5. The summed E-state index contributed by atoms with van der Waals surface area (Å²) >= 11 is 0. The van der Waals surface area contributed by atoms with Crippen LogP contribution in [0.1, 0.15) is 6.92 Å². The Bertz CT molecular complexity index is 196. The largest absolute Gasteiger partial charge is 0.388 e. The van der Waals surface area contributed by atoms with Crippen molar-refractivity contribution in [2.75, 3.05) is 6.61 Å². The van der Waals surface area contributed by atoms with Crippen LogP contribution in [0.2, 0.25) is 0 Å². The van der Waals surface area contributed by atoms with Crippen LogP contribution in [0.4, 0.5) is 0 Å². The first-order chi connectivity index (χ1) is 6.57. The van der Waals surface area contributed by atoms with E-state index in [9.17, 15) is 15.3 Å². The van der Waals surface area contributed by atoms with Gasteiger partial charge in [0.15, 0.2) is 6.29 Å². The molecule has 3 N–H and O–H groups in total. The Kier molecular flexibility index (Phi) is 4.03. The summed E-state index contributed by atoms with van der Waals surface area (Å²) in [6.07, 6.45) is -3.54. The van der Waals surface area contributed by atoms with E-state index in [1.54, 1.807) is 6.92 Å². The molecule has 0 aliphatic carbocycles. The second-order valence-corrected chi connectivity index (χ2v) is 3.30. The van der Waals surface area contributed by atoms with Crippen LogP contribution in [-0.4, -0.2) is 52.6 Å². The SMILES string of the molecule is C=CCO[C@@H]1O[C@H](C)[C@H](O)[C@@H](O)[C@H]1O. The fraction of sp³-hybridized carbons (Fsp3) is 0.778. The molecule has 1 fully saturated rings. The van der Waals surface area contributed by atoms with E-state index in [-0.39, 0.29) is 6.61 Å². The van der Waals surface area contributed by atoms with Gasteiger partial charge in [0.25, 0.3) is 0 Å². The van der Waals surface area contributed by atoms with E-state index in [0.717, 1.165) is 0 Å². The van der Waals surface area contributed by atoms with Crippen molar-refractivity contribution in [1.29, 1.82) is 0 Å². The predicted molar refractivity (Wildman–Crippen MR) is 48.5 cm³/mol. The van der Waals surface area contributed by atoms with Gasteiger partial charge in [0, 0.05) is 0 Å². The van der Waals surface area contributed by atoms with Crippen molar-refractivity contribution in [2.24, 2.45) is 0 Å². The molecule has 1 rings (SSSR count). The van der Waals surface area contributed by atoms with E-state index in [4.69, 9.17) is 9.47 Å². The van der Waals surface area contributed by atoms with E-state index in [1.165, 1.54) is 6.08 Å². The first-order valence-corrected chi connectivity index (χ1v) is 4.50. The van der Waals surface area contributed by atoms with E-state index >= 15 is 0 Å². The summed E-state index contributed by atoms with van der Waals surface area (Å²) in [4.78, 5) is 0. The lowest BCUT2D eigenvalue weighted by atomic mass is 10.0. The van der Waals surface area contributed by atoms with Crippen LogP contribution in [0, 0.1) is 0 Å². The Morgan fingerprint density at radius 3 is 2.50 bits per heavy atom. The number of ether oxygens (including phenoxy) is 2. The van der Waals surface area contributed by atoms with Gasteiger partial charge in [-0.05, 0) is 6.92 Å². The lowest BCUT2D eigenvalue weighted by molar-refractivity contribution is -0.290. The zero-order chi connectivity index (χ0) is 10.7. The summed E-state index contributed by atoms with van der Waals surface area (Å²) in [6.45, 7) is 5.27. The van der Waals surface area contributed by atoms with E-state index in [1.807, 2.05) is 0 Å². The molecule has 0 bridgehead atoms. The number of aliphatic hydroxyl groups is 3. The minimum Gasteiger partial charge on any atom is -0.388 e. The quantitative estimate of drug-likeness (QED) is 0.515. The number of rotatable bonds is 3. The molecule has 1 saturated heterocycles. The third-order valence-corrected chi connectivity index (χ3v) is 2.19. The third kappa shape index (κ3) is 2.31. The minimum absolute atomic E-state index is 0.220. The smallest absolute Gasteiger partial charge is 0.186 e. The van der Waals surface area contributed by atoms with Gasteiger partial charge >= 0.3 is 0 Å². The molecule has 5 nitrogen and oxygen atoms in total. The molecule has 1 aliphatic rings. The lowest BCUT2D eigenvalue weighted by Crippen LogP contribution is -2.57. The Balaban J connectivity index is 2.55. The van der Waals surface area contributed by atoms with Crippen LogP contribution in [0.3, 0.4) is 0 Å². The highest BCUT2D eigenvalue weighted by molar-refractivity contribution is 4.87. The van der Waals surface area contributed by atoms with Crippen LogP contribution in [0.25, 0.3) is 0 Å². The monoisotopic (exact) mass is 204 g/mol. The molecule has 0 amide bonds. The van der Waals surface area contributed by atoms with Crippen molar-refractivity contribution in [3.63, 3.8) is 0 Å². The van der Waals surface area contributed by atoms with Gasteiger partial charge in [-0.15, -0.1) is 6.58 Å². The zero-order valence-electron chi connectivity index (χ0n) is 8.04. The van der Waals surface area contributed by atoms with Crippen molar-refractivity contribution in [3.05, 3.63) is 12.7 Å². The van der Waals surface area contributed by atoms with Gasteiger partial charge in [-0.3, -0.25) is 0 Å². The predicted octanol–water partition coefficient (Wildman–Crippen LogP) is -0.984. The first kappa shape index (κ1) is 11.6. The van der Waals surface area contributed by atoms with Crippen molar-refractivity contribution in [2.45, 2.75) is 37.6 Å². The lowest BCUT2D eigenvalue weighted by Gasteiger charge is -2.38. The maximum atomic E-state index is 9.46. The second kappa shape index (κ2) is 4.86. The van der Waals surface area contributed by atoms with Gasteiger partial charge in [0.2, 0.25) is 0 Å². The average molecular weight is 204 g/mol. The summed E-state index contributed by atoms with van der Waals surface area (Å²) in [7, 11) is 0. The summed E-state index contributed by atoms with van der Waals surface area (Å²) in [5, 5.41) is 28.2. The standard InChI is InChI=1S/C9H16O5/c1-3-4-13-9-8(12)7(11)6(10)5(2)14-9/h3,5-12H,1,4H2,2H3/t5-,6+,7-,8-,9-/m1/s1. The maximum Gasteiger partial charge on any atom is 0.186 e. The highest BCUT2D eigenvalue weighted by Crippen LogP contribution is 2.21. The van der Waals surface area contributed by atoms with Gasteiger partial charge < -0.3 is 24.8 Å². The van der Waals surface area contributed by atoms with Crippen molar-refractivity contribution >= 4 is 0 Å². The molecular weight excluding hydrogens is 188 g/mol. The number of aliphatic hydroxyl groups excluding tert-OH is 3. The molecule has 0 radical (unpaired) electrons. The van der Waals surface area contributed by atoms with Gasteiger partial charge in [0.1, 0.15) is 18.3 Å². The fourth-order valence-corrected chi connectivity index (χ4v) is 1.31. The molecular formula is C9H16O5. The topological polar surface area (TPSA) is 79.2 Å². The van der Waals surface area contributed by atoms with Gasteiger partial charge in [0.05, 0.1) is 12.7 Å². The molecule has 0 aromatic carbocycles. The van der Waals surface area contributed by atoms with Crippen molar-refractivity contribution in [1.82, 2.24) is 0 Å². The molecule has 0 aromatic rings. The van der Waals surface area contributed by atoms with Gasteiger partial charge in [-0.1, -0.05) is 6.08 Å². The Morgan fingerprint density at radius 2 is 1.93 bits per heavy atom. The summed E-state index contributed by atoms with van der Waals surface area (Å²) < 4.78 is 10.2. The summed E-state index contributed by atoms with van der Waals surface area (Å²) in [5.41, 5.74) is 0.